The van der Waals surface area contributed by atoms with Crippen molar-refractivity contribution in [2.24, 2.45) is 17.8 Å². The summed E-state index contributed by atoms with van der Waals surface area (Å²) in [6, 6.07) is 20.8. The molecule has 230 valence electrons. The molecule has 4 rings (SSSR count). The molecular weight excluding hydrogens is 585 g/mol. The number of allylic oxidation sites excluding steroid dienone is 1. The van der Waals surface area contributed by atoms with Crippen molar-refractivity contribution in [2.45, 2.75) is 70.3 Å². The number of benzene rings is 2. The molecule has 0 radical (unpaired) electrons. The highest BCUT2D eigenvalue weighted by molar-refractivity contribution is 7.87. The van der Waals surface area contributed by atoms with Crippen molar-refractivity contribution in [2.75, 3.05) is 13.2 Å². The lowest BCUT2D eigenvalue weighted by atomic mass is 9.84. The van der Waals surface area contributed by atoms with E-state index in [1.54, 1.807) is 6.92 Å². The molecule has 42 heavy (non-hydrogen) atoms. The fraction of sp³-hybridized carbons (Fsp3) is 0.516. The molecule has 11 heteroatoms. The Balaban J connectivity index is 1.48. The van der Waals surface area contributed by atoms with Crippen molar-refractivity contribution in [1.29, 1.82) is 0 Å². The van der Waals surface area contributed by atoms with Gasteiger partial charge in [0, 0.05) is 13.0 Å². The molecule has 2 aromatic carbocycles. The zero-order valence-corrected chi connectivity index (χ0v) is 26.3. The number of ether oxygens (including phenoxy) is 1. The molecule has 0 aliphatic heterocycles. The maximum Gasteiger partial charge on any atom is 0.534 e. The number of esters is 1. The summed E-state index contributed by atoms with van der Waals surface area (Å²) < 4.78 is 78.6. The number of carbonyl (C=O) groups excluding carboxylic acids is 1. The quantitative estimate of drug-likeness (QED) is 0.131. The number of hydrogen-bond acceptors (Lipinski definition) is 6. The van der Waals surface area contributed by atoms with Gasteiger partial charge in [-0.1, -0.05) is 81.4 Å². The maximum absolute atomic E-state index is 13.0. The highest BCUT2D eigenvalue weighted by Gasteiger charge is 2.52. The molecule has 2 aliphatic rings. The van der Waals surface area contributed by atoms with E-state index in [-0.39, 0.29) is 36.0 Å². The first-order chi connectivity index (χ1) is 19.7. The van der Waals surface area contributed by atoms with Gasteiger partial charge in [-0.2, -0.15) is 21.6 Å². The van der Waals surface area contributed by atoms with E-state index in [1.807, 2.05) is 36.4 Å². The fourth-order valence-electron chi connectivity index (χ4n) is 6.10. The monoisotopic (exact) mass is 624 g/mol. The van der Waals surface area contributed by atoms with Crippen molar-refractivity contribution < 1.29 is 39.7 Å². The second kappa shape index (κ2) is 12.5. The average Bonchev–Trinajstić information content (AvgIpc) is 3.67. The Morgan fingerprint density at radius 1 is 0.952 bits per heavy atom. The Morgan fingerprint density at radius 2 is 1.52 bits per heavy atom. The summed E-state index contributed by atoms with van der Waals surface area (Å²) in [5, 5.41) is 2.27. The molecule has 3 atom stereocenters. The van der Waals surface area contributed by atoms with Crippen LogP contribution in [-0.4, -0.2) is 41.4 Å². The predicted octanol–water partition coefficient (Wildman–Crippen LogP) is 6.07. The van der Waals surface area contributed by atoms with E-state index in [0.29, 0.717) is 24.9 Å². The Morgan fingerprint density at radius 3 is 2.02 bits per heavy atom. The molecule has 1 unspecified atom stereocenters. The van der Waals surface area contributed by atoms with Crippen LogP contribution in [0.2, 0.25) is 5.04 Å². The van der Waals surface area contributed by atoms with Crippen LogP contribution in [0.25, 0.3) is 0 Å². The van der Waals surface area contributed by atoms with Gasteiger partial charge in [-0.15, -0.1) is 0 Å². The smallest absolute Gasteiger partial charge is 0.463 e. The van der Waals surface area contributed by atoms with Crippen LogP contribution in [0.3, 0.4) is 0 Å². The van der Waals surface area contributed by atoms with E-state index in [1.165, 1.54) is 10.4 Å². The molecule has 6 nitrogen and oxygen atoms in total. The Labute approximate surface area is 247 Å². The minimum Gasteiger partial charge on any atom is -0.463 e. The van der Waals surface area contributed by atoms with Crippen molar-refractivity contribution in [3.63, 3.8) is 0 Å². The van der Waals surface area contributed by atoms with Gasteiger partial charge in [0.05, 0.1) is 12.2 Å². The Hall–Kier alpha value is -2.63. The molecule has 0 saturated heterocycles. The number of rotatable bonds is 11. The third-order valence-corrected chi connectivity index (χ3v) is 14.3. The summed E-state index contributed by atoms with van der Waals surface area (Å²) >= 11 is 0. The van der Waals surface area contributed by atoms with Gasteiger partial charge >= 0.3 is 21.6 Å². The maximum atomic E-state index is 13.0. The largest absolute Gasteiger partial charge is 0.534 e. The number of carbonyl (C=O) groups is 1. The number of hydrogen-bond donors (Lipinski definition) is 0. The molecule has 2 aliphatic carbocycles. The average molecular weight is 625 g/mol. The summed E-state index contributed by atoms with van der Waals surface area (Å²) in [5.74, 6) is -0.641. The van der Waals surface area contributed by atoms with Gasteiger partial charge < -0.3 is 13.3 Å². The third-order valence-electron chi connectivity index (χ3n) is 8.26. The summed E-state index contributed by atoms with van der Waals surface area (Å²) in [6.07, 6.45) is 2.17. The number of alkyl halides is 3. The van der Waals surface area contributed by atoms with E-state index in [4.69, 9.17) is 9.16 Å². The van der Waals surface area contributed by atoms with Crippen molar-refractivity contribution in [3.8, 4) is 0 Å². The van der Waals surface area contributed by atoms with Crippen LogP contribution in [0.4, 0.5) is 13.2 Å². The number of halogens is 3. The van der Waals surface area contributed by atoms with Crippen LogP contribution in [0.1, 0.15) is 59.8 Å². The zero-order chi connectivity index (χ0) is 30.8. The summed E-state index contributed by atoms with van der Waals surface area (Å²) in [4.78, 5) is 12.6. The van der Waals surface area contributed by atoms with Crippen LogP contribution in [0.15, 0.2) is 72.0 Å². The van der Waals surface area contributed by atoms with Crippen LogP contribution in [0, 0.1) is 17.8 Å². The predicted molar refractivity (Wildman–Crippen MR) is 157 cm³/mol. The minimum absolute atomic E-state index is 0.00629. The molecule has 0 aromatic heterocycles. The standard InChI is InChI=1S/C31H39F3O6SSi/c1-5-38-29(35)27-19-22(16-17-28(27)40-41(36,37)31(32,33)34)18-23-20-24(23)21-39-42(30(2,3)4,25-12-8-6-9-13-25)26-14-10-7-11-15-26/h6-15,22-24H,5,16-21H2,1-4H3/t22?,23-,24+/m1/s1. The van der Waals surface area contributed by atoms with Gasteiger partial charge in [0.2, 0.25) is 0 Å². The van der Waals surface area contributed by atoms with Gasteiger partial charge in [0.15, 0.2) is 0 Å². The highest BCUT2D eigenvalue weighted by atomic mass is 32.2. The van der Waals surface area contributed by atoms with Gasteiger partial charge in [-0.3, -0.25) is 0 Å². The van der Waals surface area contributed by atoms with E-state index < -0.39 is 35.7 Å². The molecule has 0 N–H and O–H groups in total. The first-order valence-corrected chi connectivity index (χ1v) is 17.7. The Bertz CT molecular complexity index is 1330. The second-order valence-corrected chi connectivity index (χ2v) is 18.0. The van der Waals surface area contributed by atoms with Crippen LogP contribution >= 0.6 is 0 Å². The first-order valence-electron chi connectivity index (χ1n) is 14.3. The van der Waals surface area contributed by atoms with E-state index in [9.17, 15) is 26.4 Å². The minimum atomic E-state index is -5.87. The topological polar surface area (TPSA) is 78.9 Å². The molecule has 0 bridgehead atoms. The molecular formula is C31H39F3O6SSi. The van der Waals surface area contributed by atoms with Crippen LogP contribution < -0.4 is 10.4 Å². The van der Waals surface area contributed by atoms with E-state index in [0.717, 1.165) is 12.8 Å². The summed E-state index contributed by atoms with van der Waals surface area (Å²) in [7, 11) is -8.54. The third kappa shape index (κ3) is 6.94. The highest BCUT2D eigenvalue weighted by Crippen LogP contribution is 2.48. The molecule has 0 spiro atoms. The van der Waals surface area contributed by atoms with Crippen molar-refractivity contribution >= 4 is 34.8 Å². The van der Waals surface area contributed by atoms with Crippen LogP contribution in [-0.2, 0) is 28.3 Å². The molecule has 1 saturated carbocycles. The zero-order valence-electron chi connectivity index (χ0n) is 24.4. The fourth-order valence-corrected chi connectivity index (χ4v) is 11.3. The lowest BCUT2D eigenvalue weighted by Crippen LogP contribution is -2.66. The Kier molecular flexibility index (Phi) is 9.64. The molecule has 1 fully saturated rings. The van der Waals surface area contributed by atoms with E-state index in [2.05, 4.69) is 49.2 Å². The van der Waals surface area contributed by atoms with Crippen molar-refractivity contribution in [1.82, 2.24) is 0 Å². The normalized spacial score (nSPS) is 21.6. The van der Waals surface area contributed by atoms with Gasteiger partial charge in [-0.25, -0.2) is 4.79 Å². The first kappa shape index (κ1) is 32.3. The second-order valence-electron chi connectivity index (χ2n) is 12.2. The molecule has 0 heterocycles. The van der Waals surface area contributed by atoms with Gasteiger partial charge in [0.25, 0.3) is 8.32 Å². The molecule has 0 amide bonds. The van der Waals surface area contributed by atoms with E-state index >= 15 is 0 Å². The van der Waals surface area contributed by atoms with Crippen molar-refractivity contribution in [3.05, 3.63) is 72.0 Å². The van der Waals surface area contributed by atoms with Gasteiger partial charge in [-0.05, 0) is 65.8 Å². The summed E-state index contributed by atoms with van der Waals surface area (Å²) in [5.41, 5.74) is -5.70. The lowest BCUT2D eigenvalue weighted by Gasteiger charge is -2.43. The van der Waals surface area contributed by atoms with Gasteiger partial charge in [0.1, 0.15) is 5.76 Å². The van der Waals surface area contributed by atoms with Crippen LogP contribution in [0.5, 0.6) is 0 Å². The SMILES string of the molecule is CCOC(=O)C1=C(OS(=O)(=O)C(F)(F)F)CCC(C[C@@H]2C[C@H]2CO[Si](c2ccccc2)(c2ccccc2)C(C)(C)C)C1. The lowest BCUT2D eigenvalue weighted by molar-refractivity contribution is -0.139. The molecule has 2 aromatic rings. The summed E-state index contributed by atoms with van der Waals surface area (Å²) in [6.45, 7) is 8.86.